The summed E-state index contributed by atoms with van der Waals surface area (Å²) in [5, 5.41) is 6.77. The number of nitrogens with zero attached hydrogens (tertiary/aromatic N) is 3. The van der Waals surface area contributed by atoms with Gasteiger partial charge in [-0.2, -0.15) is 0 Å². The lowest BCUT2D eigenvalue weighted by Gasteiger charge is -2.61. The molecular weight excluding hydrogens is 711 g/mol. The van der Waals surface area contributed by atoms with E-state index in [0.29, 0.717) is 29.3 Å². The van der Waals surface area contributed by atoms with Crippen LogP contribution in [0.15, 0.2) is 148 Å². The van der Waals surface area contributed by atoms with E-state index in [9.17, 15) is 0 Å². The normalized spacial score (nSPS) is 22.9. The molecule has 0 saturated heterocycles. The molecule has 7 aromatic carbocycles. The fourth-order valence-corrected chi connectivity index (χ4v) is 12.7. The van der Waals surface area contributed by atoms with Crippen LogP contribution >= 0.6 is 0 Å². The second kappa shape index (κ2) is 11.3. The Morgan fingerprint density at radius 2 is 0.931 bits per heavy atom. The summed E-state index contributed by atoms with van der Waals surface area (Å²) in [6.45, 7) is 0. The van der Waals surface area contributed by atoms with Gasteiger partial charge in [-0.1, -0.05) is 97.1 Å². The molecule has 4 saturated carbocycles. The Hall–Kier alpha value is -6.59. The van der Waals surface area contributed by atoms with Gasteiger partial charge in [-0.05, 0) is 131 Å². The molecule has 276 valence electrons. The van der Waals surface area contributed by atoms with Crippen LogP contribution in [-0.2, 0) is 5.41 Å². The van der Waals surface area contributed by atoms with E-state index >= 15 is 0 Å². The lowest BCUT2D eigenvalue weighted by molar-refractivity contribution is -0.0398. The topological polar surface area (TPSA) is 65.0 Å². The van der Waals surface area contributed by atoms with E-state index in [-0.39, 0.29) is 5.41 Å². The second-order valence-electron chi connectivity index (χ2n) is 17.5. The Bertz CT molecular complexity index is 3230. The maximum atomic E-state index is 6.38. The molecule has 0 unspecified atom stereocenters. The standard InChI is InChI=1S/C53H37N3O2/c1-2-10-32-27-43-41(26-31(32)9-1)36-20-19-33(28-42(36)53(43)34-22-29-21-30(24-34)25-35(53)23-29)50-54-51(39-13-7-17-46-48(39)37-11-3-5-15-44(37)57-46)56-52(55-50)40-14-8-18-47-49(40)38-12-4-6-16-45(38)58-47/h1-20,26-30,34-35H,21-25H2. The zero-order valence-corrected chi connectivity index (χ0v) is 31.8. The van der Waals surface area contributed by atoms with Gasteiger partial charge in [0.1, 0.15) is 22.3 Å². The first-order valence-corrected chi connectivity index (χ1v) is 20.9. The second-order valence-corrected chi connectivity index (χ2v) is 17.5. The quantitative estimate of drug-likeness (QED) is 0.180. The van der Waals surface area contributed by atoms with Gasteiger partial charge in [0.2, 0.25) is 0 Å². The van der Waals surface area contributed by atoms with Crippen LogP contribution in [0.1, 0.15) is 43.2 Å². The van der Waals surface area contributed by atoms with E-state index in [4.69, 9.17) is 23.8 Å². The van der Waals surface area contributed by atoms with Crippen LogP contribution in [0, 0.1) is 23.7 Å². The van der Waals surface area contributed by atoms with E-state index in [2.05, 4.69) is 91.0 Å². The summed E-state index contributed by atoms with van der Waals surface area (Å²) in [6, 6.07) is 50.0. The van der Waals surface area contributed by atoms with Crippen molar-refractivity contribution in [3.63, 3.8) is 0 Å². The lowest BCUT2D eigenvalue weighted by atomic mass is 9.43. The van der Waals surface area contributed by atoms with Gasteiger partial charge >= 0.3 is 0 Å². The zero-order valence-electron chi connectivity index (χ0n) is 31.8. The lowest BCUT2D eigenvalue weighted by Crippen LogP contribution is -2.55. The van der Waals surface area contributed by atoms with Gasteiger partial charge in [-0.3, -0.25) is 0 Å². The van der Waals surface area contributed by atoms with E-state index in [1.165, 1.54) is 59.6 Å². The third-order valence-electron chi connectivity index (χ3n) is 14.7. The van der Waals surface area contributed by atoms with Crippen molar-refractivity contribution in [1.29, 1.82) is 0 Å². The minimum Gasteiger partial charge on any atom is -0.456 e. The first-order valence-electron chi connectivity index (χ1n) is 20.9. The molecule has 4 bridgehead atoms. The molecule has 5 aliphatic carbocycles. The molecule has 58 heavy (non-hydrogen) atoms. The smallest absolute Gasteiger partial charge is 0.164 e. The van der Waals surface area contributed by atoms with Crippen molar-refractivity contribution in [2.24, 2.45) is 23.7 Å². The van der Waals surface area contributed by atoms with Crippen LogP contribution in [0.2, 0.25) is 0 Å². The highest BCUT2D eigenvalue weighted by molar-refractivity contribution is 6.13. The molecular formula is C53H37N3O2. The molecule has 0 N–H and O–H groups in total. The van der Waals surface area contributed by atoms with E-state index in [1.54, 1.807) is 5.56 Å². The summed E-state index contributed by atoms with van der Waals surface area (Å²) in [5.74, 6) is 4.94. The SMILES string of the molecule is c1ccc2cc3c(cc2c1)-c1ccc(-c2nc(-c4cccc5oc6ccccc6c45)nc(-c4cccc5oc6ccccc6c45)n2)cc1C31C2CC3CC(C2)CC1C3. The molecule has 0 amide bonds. The molecule has 1 spiro atoms. The summed E-state index contributed by atoms with van der Waals surface area (Å²) in [4.78, 5) is 16.2. The van der Waals surface area contributed by atoms with Gasteiger partial charge in [0.05, 0.1) is 0 Å². The molecule has 5 heteroatoms. The van der Waals surface area contributed by atoms with E-state index in [0.717, 1.165) is 72.4 Å². The number of hydrogen-bond donors (Lipinski definition) is 0. The summed E-state index contributed by atoms with van der Waals surface area (Å²) in [5.41, 5.74) is 12.1. The highest BCUT2D eigenvalue weighted by atomic mass is 16.3. The molecule has 4 fully saturated rings. The predicted molar refractivity (Wildman–Crippen MR) is 231 cm³/mol. The number of rotatable bonds is 3. The number of fused-ring (bicyclic) bond motifs is 10. The van der Waals surface area contributed by atoms with Gasteiger partial charge in [-0.15, -0.1) is 0 Å². The average molecular weight is 748 g/mol. The summed E-state index contributed by atoms with van der Waals surface area (Å²) in [7, 11) is 0. The van der Waals surface area contributed by atoms with Crippen molar-refractivity contribution in [2.75, 3.05) is 0 Å². The Balaban J connectivity index is 1.04. The van der Waals surface area contributed by atoms with Crippen molar-refractivity contribution >= 4 is 54.6 Å². The molecule has 0 atom stereocenters. The van der Waals surface area contributed by atoms with Crippen molar-refractivity contribution in [3.05, 3.63) is 151 Å². The van der Waals surface area contributed by atoms with Crippen molar-refractivity contribution in [3.8, 4) is 45.3 Å². The zero-order chi connectivity index (χ0) is 37.7. The number of para-hydroxylation sites is 2. The van der Waals surface area contributed by atoms with Crippen molar-refractivity contribution in [2.45, 2.75) is 37.5 Å². The Morgan fingerprint density at radius 3 is 1.55 bits per heavy atom. The van der Waals surface area contributed by atoms with Gasteiger partial charge in [-0.25, -0.2) is 15.0 Å². The molecule has 0 radical (unpaired) electrons. The largest absolute Gasteiger partial charge is 0.456 e. The first kappa shape index (κ1) is 31.5. The third kappa shape index (κ3) is 4.13. The Kier molecular flexibility index (Phi) is 6.13. The van der Waals surface area contributed by atoms with Gasteiger partial charge in [0.15, 0.2) is 17.5 Å². The van der Waals surface area contributed by atoms with Gasteiger partial charge in [0.25, 0.3) is 0 Å². The number of furan rings is 2. The van der Waals surface area contributed by atoms with Crippen LogP contribution < -0.4 is 0 Å². The van der Waals surface area contributed by atoms with Crippen LogP contribution in [0.3, 0.4) is 0 Å². The molecule has 3 heterocycles. The molecule has 5 aliphatic rings. The molecule has 0 aliphatic heterocycles. The van der Waals surface area contributed by atoms with Gasteiger partial charge in [0, 0.05) is 43.7 Å². The van der Waals surface area contributed by atoms with Gasteiger partial charge < -0.3 is 8.83 Å². The number of aromatic nitrogens is 3. The molecule has 15 rings (SSSR count). The maximum absolute atomic E-state index is 6.38. The first-order chi connectivity index (χ1) is 28.7. The average Bonchev–Trinajstić information content (AvgIpc) is 3.92. The van der Waals surface area contributed by atoms with Crippen LogP contribution in [0.5, 0.6) is 0 Å². The fourth-order valence-electron chi connectivity index (χ4n) is 12.7. The van der Waals surface area contributed by atoms with Crippen LogP contribution in [0.25, 0.3) is 99.9 Å². The Morgan fingerprint density at radius 1 is 0.414 bits per heavy atom. The monoisotopic (exact) mass is 747 g/mol. The number of benzene rings is 7. The third-order valence-corrected chi connectivity index (χ3v) is 14.7. The Labute approximate surface area is 334 Å². The maximum Gasteiger partial charge on any atom is 0.164 e. The summed E-state index contributed by atoms with van der Waals surface area (Å²) >= 11 is 0. The van der Waals surface area contributed by atoms with Crippen LogP contribution in [-0.4, -0.2) is 15.0 Å². The highest BCUT2D eigenvalue weighted by Crippen LogP contribution is 2.69. The van der Waals surface area contributed by atoms with E-state index in [1.807, 2.05) is 48.5 Å². The minimum atomic E-state index is -0.000573. The molecule has 5 nitrogen and oxygen atoms in total. The molecule has 3 aromatic heterocycles. The minimum absolute atomic E-state index is 0.000573. The summed E-state index contributed by atoms with van der Waals surface area (Å²) in [6.07, 6.45) is 6.74. The predicted octanol–water partition coefficient (Wildman–Crippen LogP) is 13.5. The highest BCUT2D eigenvalue weighted by Gasteiger charge is 2.61. The van der Waals surface area contributed by atoms with Crippen molar-refractivity contribution < 1.29 is 8.83 Å². The fraction of sp³-hybridized carbons (Fsp3) is 0.189. The van der Waals surface area contributed by atoms with E-state index < -0.39 is 0 Å². The van der Waals surface area contributed by atoms with Crippen molar-refractivity contribution in [1.82, 2.24) is 15.0 Å². The number of hydrogen-bond acceptors (Lipinski definition) is 5. The molecule has 10 aromatic rings. The summed E-state index contributed by atoms with van der Waals surface area (Å²) < 4.78 is 12.8. The van der Waals surface area contributed by atoms with Crippen LogP contribution in [0.4, 0.5) is 0 Å².